The van der Waals surface area contributed by atoms with Crippen molar-refractivity contribution in [3.05, 3.63) is 0 Å². The Balaban J connectivity index is 2.15. The van der Waals surface area contributed by atoms with E-state index in [1.165, 1.54) is 38.8 Å². The maximum Gasteiger partial charge on any atom is 0.0639 e. The SMILES string of the molecule is CCCC1CCN(C[C@@H](C)O)CC1. The van der Waals surface area contributed by atoms with Crippen molar-refractivity contribution in [2.75, 3.05) is 19.6 Å². The fraction of sp³-hybridized carbons (Fsp3) is 1.00. The maximum atomic E-state index is 9.23. The van der Waals surface area contributed by atoms with Gasteiger partial charge in [0.15, 0.2) is 0 Å². The Bertz CT molecular complexity index is 128. The van der Waals surface area contributed by atoms with Crippen LogP contribution in [-0.2, 0) is 0 Å². The molecule has 1 atom stereocenters. The highest BCUT2D eigenvalue weighted by atomic mass is 16.3. The molecule has 0 aliphatic carbocycles. The van der Waals surface area contributed by atoms with Gasteiger partial charge in [0.05, 0.1) is 6.10 Å². The minimum absolute atomic E-state index is 0.164. The standard InChI is InChI=1S/C11H23NO/c1-3-4-11-5-7-12(8-6-11)9-10(2)13/h10-11,13H,3-9H2,1-2H3/t10-/m1/s1. The summed E-state index contributed by atoms with van der Waals surface area (Å²) in [6.07, 6.45) is 5.22. The third-order valence-electron chi connectivity index (χ3n) is 2.93. The summed E-state index contributed by atoms with van der Waals surface area (Å²) >= 11 is 0. The first-order valence-corrected chi connectivity index (χ1v) is 5.62. The van der Waals surface area contributed by atoms with E-state index in [9.17, 15) is 5.11 Å². The Morgan fingerprint density at radius 3 is 2.46 bits per heavy atom. The van der Waals surface area contributed by atoms with E-state index in [1.807, 2.05) is 6.92 Å². The van der Waals surface area contributed by atoms with Crippen LogP contribution in [0.5, 0.6) is 0 Å². The topological polar surface area (TPSA) is 23.5 Å². The molecule has 0 spiro atoms. The number of piperidine rings is 1. The number of nitrogens with zero attached hydrogens (tertiary/aromatic N) is 1. The van der Waals surface area contributed by atoms with Crippen LogP contribution in [0.15, 0.2) is 0 Å². The molecule has 1 fully saturated rings. The van der Waals surface area contributed by atoms with Gasteiger partial charge in [-0.25, -0.2) is 0 Å². The van der Waals surface area contributed by atoms with Gasteiger partial charge in [-0.3, -0.25) is 0 Å². The van der Waals surface area contributed by atoms with E-state index in [0.717, 1.165) is 12.5 Å². The Hall–Kier alpha value is -0.0800. The van der Waals surface area contributed by atoms with E-state index in [2.05, 4.69) is 11.8 Å². The first-order chi connectivity index (χ1) is 6.22. The molecule has 78 valence electrons. The van der Waals surface area contributed by atoms with Gasteiger partial charge in [0.2, 0.25) is 0 Å². The number of β-amino-alcohol motifs (C(OH)–C–C–N with tert-alkyl or cyclic N) is 1. The van der Waals surface area contributed by atoms with E-state index in [-0.39, 0.29) is 6.10 Å². The monoisotopic (exact) mass is 185 g/mol. The van der Waals surface area contributed by atoms with E-state index in [1.54, 1.807) is 0 Å². The summed E-state index contributed by atoms with van der Waals surface area (Å²) in [5, 5.41) is 9.23. The molecule has 1 aliphatic heterocycles. The number of hydrogen-bond acceptors (Lipinski definition) is 2. The molecule has 0 amide bonds. The fourth-order valence-electron chi connectivity index (χ4n) is 2.24. The molecule has 0 aromatic carbocycles. The minimum Gasteiger partial charge on any atom is -0.392 e. The summed E-state index contributed by atoms with van der Waals surface area (Å²) in [5.41, 5.74) is 0. The van der Waals surface area contributed by atoms with Crippen molar-refractivity contribution in [1.29, 1.82) is 0 Å². The number of aliphatic hydroxyl groups excluding tert-OH is 1. The summed E-state index contributed by atoms with van der Waals surface area (Å²) in [6.45, 7) is 7.38. The molecule has 0 radical (unpaired) electrons. The second kappa shape index (κ2) is 5.61. The summed E-state index contributed by atoms with van der Waals surface area (Å²) in [6, 6.07) is 0. The van der Waals surface area contributed by atoms with Gasteiger partial charge in [0, 0.05) is 6.54 Å². The molecule has 1 heterocycles. The van der Waals surface area contributed by atoms with Crippen LogP contribution in [0.2, 0.25) is 0 Å². The minimum atomic E-state index is -0.164. The predicted octanol–water partition coefficient (Wildman–Crippen LogP) is 1.88. The average Bonchev–Trinajstić information content (AvgIpc) is 2.08. The van der Waals surface area contributed by atoms with Crippen molar-refractivity contribution in [3.63, 3.8) is 0 Å². The molecule has 0 aromatic heterocycles. The lowest BCUT2D eigenvalue weighted by molar-refractivity contribution is 0.0984. The van der Waals surface area contributed by atoms with Crippen LogP contribution in [0, 0.1) is 5.92 Å². The zero-order valence-corrected chi connectivity index (χ0v) is 9.00. The number of likely N-dealkylation sites (tertiary alicyclic amines) is 1. The molecule has 1 N–H and O–H groups in total. The first kappa shape index (κ1) is 11.0. The normalized spacial score (nSPS) is 23.3. The van der Waals surface area contributed by atoms with Gasteiger partial charge in [-0.2, -0.15) is 0 Å². The predicted molar refractivity (Wildman–Crippen MR) is 55.8 cm³/mol. The van der Waals surface area contributed by atoms with Crippen LogP contribution in [-0.4, -0.2) is 35.7 Å². The molecule has 0 saturated carbocycles. The van der Waals surface area contributed by atoms with Crippen molar-refractivity contribution in [3.8, 4) is 0 Å². The first-order valence-electron chi connectivity index (χ1n) is 5.62. The van der Waals surface area contributed by atoms with Crippen molar-refractivity contribution < 1.29 is 5.11 Å². The van der Waals surface area contributed by atoms with Gasteiger partial charge in [0.25, 0.3) is 0 Å². The average molecular weight is 185 g/mol. The quantitative estimate of drug-likeness (QED) is 0.723. The van der Waals surface area contributed by atoms with Crippen molar-refractivity contribution in [2.45, 2.75) is 45.6 Å². The smallest absolute Gasteiger partial charge is 0.0639 e. The second-order valence-corrected chi connectivity index (χ2v) is 4.38. The number of aliphatic hydroxyl groups is 1. The number of rotatable bonds is 4. The van der Waals surface area contributed by atoms with Gasteiger partial charge in [-0.1, -0.05) is 19.8 Å². The molecule has 1 rings (SSSR count). The van der Waals surface area contributed by atoms with Gasteiger partial charge in [0.1, 0.15) is 0 Å². The lowest BCUT2D eigenvalue weighted by Gasteiger charge is -2.32. The lowest BCUT2D eigenvalue weighted by atomic mass is 9.92. The molecule has 13 heavy (non-hydrogen) atoms. The fourth-order valence-corrected chi connectivity index (χ4v) is 2.24. The Kier molecular flexibility index (Phi) is 4.74. The van der Waals surface area contributed by atoms with Gasteiger partial charge in [-0.15, -0.1) is 0 Å². The molecular formula is C11H23NO. The van der Waals surface area contributed by atoms with Gasteiger partial charge in [-0.05, 0) is 38.8 Å². The lowest BCUT2D eigenvalue weighted by Crippen LogP contribution is -2.38. The third-order valence-corrected chi connectivity index (χ3v) is 2.93. The summed E-state index contributed by atoms with van der Waals surface area (Å²) in [7, 11) is 0. The molecule has 1 aliphatic rings. The molecular weight excluding hydrogens is 162 g/mol. The highest BCUT2D eigenvalue weighted by Crippen LogP contribution is 2.21. The zero-order valence-electron chi connectivity index (χ0n) is 9.00. The van der Waals surface area contributed by atoms with Crippen LogP contribution in [0.25, 0.3) is 0 Å². The molecule has 0 unspecified atom stereocenters. The van der Waals surface area contributed by atoms with Crippen LogP contribution < -0.4 is 0 Å². The van der Waals surface area contributed by atoms with Crippen molar-refractivity contribution >= 4 is 0 Å². The second-order valence-electron chi connectivity index (χ2n) is 4.38. The molecule has 1 saturated heterocycles. The van der Waals surface area contributed by atoms with Crippen LogP contribution in [0.4, 0.5) is 0 Å². The largest absolute Gasteiger partial charge is 0.392 e. The Morgan fingerprint density at radius 1 is 1.38 bits per heavy atom. The van der Waals surface area contributed by atoms with E-state index in [0.29, 0.717) is 0 Å². The van der Waals surface area contributed by atoms with E-state index in [4.69, 9.17) is 0 Å². The van der Waals surface area contributed by atoms with Crippen LogP contribution >= 0.6 is 0 Å². The third kappa shape index (κ3) is 4.10. The van der Waals surface area contributed by atoms with Crippen molar-refractivity contribution in [1.82, 2.24) is 4.90 Å². The zero-order chi connectivity index (χ0) is 9.68. The van der Waals surface area contributed by atoms with Crippen LogP contribution in [0.3, 0.4) is 0 Å². The summed E-state index contributed by atoms with van der Waals surface area (Å²) < 4.78 is 0. The molecule has 2 heteroatoms. The van der Waals surface area contributed by atoms with Crippen LogP contribution in [0.1, 0.15) is 39.5 Å². The molecule has 2 nitrogen and oxygen atoms in total. The van der Waals surface area contributed by atoms with E-state index < -0.39 is 0 Å². The molecule has 0 bridgehead atoms. The Morgan fingerprint density at radius 2 is 2.00 bits per heavy atom. The van der Waals surface area contributed by atoms with Gasteiger partial charge >= 0.3 is 0 Å². The van der Waals surface area contributed by atoms with Gasteiger partial charge < -0.3 is 10.0 Å². The summed E-state index contributed by atoms with van der Waals surface area (Å²) in [4.78, 5) is 2.39. The Labute approximate surface area is 81.9 Å². The summed E-state index contributed by atoms with van der Waals surface area (Å²) in [5.74, 6) is 0.954. The van der Waals surface area contributed by atoms with E-state index >= 15 is 0 Å². The number of hydrogen-bond donors (Lipinski definition) is 1. The van der Waals surface area contributed by atoms with Crippen molar-refractivity contribution in [2.24, 2.45) is 5.92 Å². The molecule has 0 aromatic rings. The highest BCUT2D eigenvalue weighted by Gasteiger charge is 2.18. The maximum absolute atomic E-state index is 9.23. The highest BCUT2D eigenvalue weighted by molar-refractivity contribution is 4.72.